The minimum Gasteiger partial charge on any atom is -0.378 e. The molecule has 0 unspecified atom stereocenters. The van der Waals surface area contributed by atoms with E-state index in [1.807, 2.05) is 36.4 Å². The predicted molar refractivity (Wildman–Crippen MR) is 80.7 cm³/mol. The lowest BCUT2D eigenvalue weighted by atomic mass is 10.2. The number of hydrogen-bond donors (Lipinski definition) is 1. The molecule has 108 valence electrons. The molecular formula is C16H17N3O2. The van der Waals surface area contributed by atoms with E-state index in [1.54, 1.807) is 17.2 Å². The van der Waals surface area contributed by atoms with Crippen molar-refractivity contribution in [3.63, 3.8) is 0 Å². The number of aromatic nitrogens is 1. The summed E-state index contributed by atoms with van der Waals surface area (Å²) < 4.78 is 5.26. The van der Waals surface area contributed by atoms with Gasteiger partial charge in [-0.2, -0.15) is 0 Å². The van der Waals surface area contributed by atoms with Crippen LogP contribution in [0.1, 0.15) is 10.5 Å². The highest BCUT2D eigenvalue weighted by atomic mass is 16.5. The summed E-state index contributed by atoms with van der Waals surface area (Å²) >= 11 is 0. The molecule has 1 amide bonds. The van der Waals surface area contributed by atoms with Gasteiger partial charge in [-0.05, 0) is 24.3 Å². The molecule has 0 saturated carbocycles. The Kier molecular flexibility index (Phi) is 4.12. The van der Waals surface area contributed by atoms with E-state index in [1.165, 1.54) is 0 Å². The van der Waals surface area contributed by atoms with Crippen molar-refractivity contribution < 1.29 is 9.53 Å². The summed E-state index contributed by atoms with van der Waals surface area (Å²) in [4.78, 5) is 18.3. The van der Waals surface area contributed by atoms with Crippen LogP contribution in [-0.4, -0.2) is 42.1 Å². The van der Waals surface area contributed by atoms with Crippen LogP contribution in [0.4, 0.5) is 11.4 Å². The molecule has 2 heterocycles. The highest BCUT2D eigenvalue weighted by Gasteiger charge is 2.19. The molecule has 1 aliphatic heterocycles. The fraction of sp³-hybridized carbons (Fsp3) is 0.250. The molecule has 1 fully saturated rings. The largest absolute Gasteiger partial charge is 0.378 e. The fourth-order valence-corrected chi connectivity index (χ4v) is 2.24. The van der Waals surface area contributed by atoms with Gasteiger partial charge in [-0.15, -0.1) is 0 Å². The molecule has 0 atom stereocenters. The monoisotopic (exact) mass is 283 g/mol. The Morgan fingerprint density at radius 2 is 1.86 bits per heavy atom. The second-order valence-corrected chi connectivity index (χ2v) is 4.83. The van der Waals surface area contributed by atoms with E-state index in [-0.39, 0.29) is 5.91 Å². The van der Waals surface area contributed by atoms with Gasteiger partial charge in [-0.1, -0.05) is 18.2 Å². The van der Waals surface area contributed by atoms with Crippen LogP contribution in [0.2, 0.25) is 0 Å². The average molecular weight is 283 g/mol. The zero-order chi connectivity index (χ0) is 14.5. The molecular weight excluding hydrogens is 266 g/mol. The maximum Gasteiger partial charge on any atom is 0.272 e. The van der Waals surface area contributed by atoms with Gasteiger partial charge in [-0.3, -0.25) is 9.78 Å². The van der Waals surface area contributed by atoms with Gasteiger partial charge >= 0.3 is 0 Å². The van der Waals surface area contributed by atoms with Crippen molar-refractivity contribution in [2.45, 2.75) is 0 Å². The SMILES string of the molecule is O=C(c1cc(Nc2ccccc2)ccn1)N1CCOCC1. The average Bonchev–Trinajstić information content (AvgIpc) is 2.56. The van der Waals surface area contributed by atoms with Crippen molar-refractivity contribution in [3.05, 3.63) is 54.4 Å². The number of carbonyl (C=O) groups is 1. The third kappa shape index (κ3) is 3.38. The molecule has 0 bridgehead atoms. The second kappa shape index (κ2) is 6.37. The normalized spacial score (nSPS) is 14.8. The van der Waals surface area contributed by atoms with Gasteiger partial charge in [0.25, 0.3) is 5.91 Å². The van der Waals surface area contributed by atoms with Crippen LogP contribution in [0.5, 0.6) is 0 Å². The first kappa shape index (κ1) is 13.6. The Hall–Kier alpha value is -2.40. The van der Waals surface area contributed by atoms with Crippen LogP contribution in [0.3, 0.4) is 0 Å². The Bertz CT molecular complexity index is 610. The lowest BCUT2D eigenvalue weighted by Crippen LogP contribution is -2.41. The molecule has 5 heteroatoms. The van der Waals surface area contributed by atoms with E-state index in [2.05, 4.69) is 10.3 Å². The Morgan fingerprint density at radius 1 is 1.10 bits per heavy atom. The van der Waals surface area contributed by atoms with Crippen molar-refractivity contribution >= 4 is 17.3 Å². The smallest absolute Gasteiger partial charge is 0.272 e. The van der Waals surface area contributed by atoms with Crippen molar-refractivity contribution in [1.29, 1.82) is 0 Å². The number of para-hydroxylation sites is 1. The van der Waals surface area contributed by atoms with E-state index in [4.69, 9.17) is 4.74 Å². The van der Waals surface area contributed by atoms with E-state index < -0.39 is 0 Å². The Labute approximate surface area is 123 Å². The van der Waals surface area contributed by atoms with E-state index in [9.17, 15) is 4.79 Å². The number of morpholine rings is 1. The molecule has 1 saturated heterocycles. The minimum absolute atomic E-state index is 0.0463. The third-order valence-corrected chi connectivity index (χ3v) is 3.34. The van der Waals surface area contributed by atoms with Crippen LogP contribution >= 0.6 is 0 Å². The Morgan fingerprint density at radius 3 is 2.62 bits per heavy atom. The van der Waals surface area contributed by atoms with Crippen LogP contribution in [0, 0.1) is 0 Å². The number of benzene rings is 1. The van der Waals surface area contributed by atoms with Gasteiger partial charge < -0.3 is 15.0 Å². The standard InChI is InChI=1S/C16H17N3O2/c20-16(19-8-10-21-11-9-19)15-12-14(6-7-17-15)18-13-4-2-1-3-5-13/h1-7,12H,8-11H2,(H,17,18). The maximum absolute atomic E-state index is 12.4. The summed E-state index contributed by atoms with van der Waals surface area (Å²) in [6.45, 7) is 2.43. The van der Waals surface area contributed by atoms with Crippen LogP contribution in [0.25, 0.3) is 0 Å². The number of nitrogens with one attached hydrogen (secondary N) is 1. The summed E-state index contributed by atoms with van der Waals surface area (Å²) in [6.07, 6.45) is 1.65. The van der Waals surface area contributed by atoms with Gasteiger partial charge in [0.15, 0.2) is 0 Å². The minimum atomic E-state index is -0.0463. The summed E-state index contributed by atoms with van der Waals surface area (Å²) in [6, 6.07) is 13.5. The topological polar surface area (TPSA) is 54.5 Å². The number of rotatable bonds is 3. The first-order valence-corrected chi connectivity index (χ1v) is 6.98. The molecule has 2 aromatic rings. The van der Waals surface area contributed by atoms with Gasteiger partial charge in [0.2, 0.25) is 0 Å². The summed E-state index contributed by atoms with van der Waals surface area (Å²) in [5.41, 5.74) is 2.29. The maximum atomic E-state index is 12.4. The Balaban J connectivity index is 1.75. The van der Waals surface area contributed by atoms with E-state index >= 15 is 0 Å². The fourth-order valence-electron chi connectivity index (χ4n) is 2.24. The van der Waals surface area contributed by atoms with Gasteiger partial charge in [0.05, 0.1) is 13.2 Å². The number of anilines is 2. The molecule has 0 radical (unpaired) electrons. The number of carbonyl (C=O) groups excluding carboxylic acids is 1. The molecule has 1 aliphatic rings. The quantitative estimate of drug-likeness (QED) is 0.939. The van der Waals surface area contributed by atoms with Crippen molar-refractivity contribution in [3.8, 4) is 0 Å². The van der Waals surface area contributed by atoms with Crippen LogP contribution in [-0.2, 0) is 4.74 Å². The van der Waals surface area contributed by atoms with Crippen molar-refractivity contribution in [1.82, 2.24) is 9.88 Å². The van der Waals surface area contributed by atoms with Crippen molar-refractivity contribution in [2.24, 2.45) is 0 Å². The molecule has 21 heavy (non-hydrogen) atoms. The van der Waals surface area contributed by atoms with Gasteiger partial charge in [-0.25, -0.2) is 0 Å². The van der Waals surface area contributed by atoms with Crippen LogP contribution in [0.15, 0.2) is 48.7 Å². The van der Waals surface area contributed by atoms with Gasteiger partial charge in [0, 0.05) is 30.7 Å². The number of pyridine rings is 1. The number of hydrogen-bond acceptors (Lipinski definition) is 4. The number of amides is 1. The van der Waals surface area contributed by atoms with E-state index in [0.717, 1.165) is 11.4 Å². The predicted octanol–water partition coefficient (Wildman–Crippen LogP) is 2.30. The summed E-state index contributed by atoms with van der Waals surface area (Å²) in [5.74, 6) is -0.0463. The molecule has 1 aromatic carbocycles. The van der Waals surface area contributed by atoms with Crippen LogP contribution < -0.4 is 5.32 Å². The molecule has 0 aliphatic carbocycles. The lowest BCUT2D eigenvalue weighted by Gasteiger charge is -2.26. The summed E-state index contributed by atoms with van der Waals surface area (Å²) in [5, 5.41) is 3.27. The second-order valence-electron chi connectivity index (χ2n) is 4.83. The third-order valence-electron chi connectivity index (χ3n) is 3.34. The van der Waals surface area contributed by atoms with E-state index in [0.29, 0.717) is 32.0 Å². The molecule has 5 nitrogen and oxygen atoms in total. The molecule has 0 spiro atoms. The van der Waals surface area contributed by atoms with Crippen molar-refractivity contribution in [2.75, 3.05) is 31.6 Å². The first-order valence-electron chi connectivity index (χ1n) is 6.98. The molecule has 3 rings (SSSR count). The zero-order valence-corrected chi connectivity index (χ0v) is 11.7. The molecule has 1 aromatic heterocycles. The summed E-state index contributed by atoms with van der Waals surface area (Å²) in [7, 11) is 0. The highest BCUT2D eigenvalue weighted by molar-refractivity contribution is 5.93. The first-order chi connectivity index (χ1) is 10.3. The number of nitrogens with zero attached hydrogens (tertiary/aromatic N) is 2. The van der Waals surface area contributed by atoms with Gasteiger partial charge in [0.1, 0.15) is 5.69 Å². The highest BCUT2D eigenvalue weighted by Crippen LogP contribution is 2.17. The lowest BCUT2D eigenvalue weighted by molar-refractivity contribution is 0.0299. The zero-order valence-electron chi connectivity index (χ0n) is 11.7. The molecule has 1 N–H and O–H groups in total. The number of ether oxygens (including phenoxy) is 1.